The molecule has 7 nitrogen and oxygen atoms in total. The van der Waals surface area contributed by atoms with E-state index in [0.717, 1.165) is 0 Å². The number of hydrogen-bond acceptors (Lipinski definition) is 5. The molecule has 0 bridgehead atoms. The first-order chi connectivity index (χ1) is 11.9. The van der Waals surface area contributed by atoms with E-state index in [9.17, 15) is 24.1 Å². The summed E-state index contributed by atoms with van der Waals surface area (Å²) in [6, 6.07) is 10.5. The average Bonchev–Trinajstić information content (AvgIpc) is 2.98. The Kier molecular flexibility index (Phi) is 4.42. The van der Waals surface area contributed by atoms with Crippen LogP contribution in [-0.2, 0) is 9.59 Å². The summed E-state index contributed by atoms with van der Waals surface area (Å²) in [7, 11) is 0. The van der Waals surface area contributed by atoms with E-state index in [2.05, 4.69) is 0 Å². The van der Waals surface area contributed by atoms with E-state index < -0.39 is 22.6 Å². The van der Waals surface area contributed by atoms with Gasteiger partial charge in [0.05, 0.1) is 10.8 Å². The van der Waals surface area contributed by atoms with Crippen molar-refractivity contribution in [2.45, 2.75) is 6.42 Å². The number of nitro benzene ring substituents is 1. The SMILES string of the molecule is O=C(Oc1ccc([N+](=O)[O-])cc1)[C@@H]1CC(=O)N(c2ccc(F)cc2)C1. The van der Waals surface area contributed by atoms with Gasteiger partial charge in [0.1, 0.15) is 11.6 Å². The topological polar surface area (TPSA) is 89.7 Å². The Morgan fingerprint density at radius 1 is 1.16 bits per heavy atom. The number of amides is 1. The Labute approximate surface area is 141 Å². The Morgan fingerprint density at radius 2 is 1.80 bits per heavy atom. The van der Waals surface area contributed by atoms with Crippen LogP contribution in [0.5, 0.6) is 5.75 Å². The van der Waals surface area contributed by atoms with Crippen molar-refractivity contribution >= 4 is 23.3 Å². The van der Waals surface area contributed by atoms with E-state index in [1.165, 1.54) is 53.4 Å². The number of esters is 1. The van der Waals surface area contributed by atoms with Gasteiger partial charge in [-0.15, -0.1) is 0 Å². The predicted molar refractivity (Wildman–Crippen MR) is 85.6 cm³/mol. The zero-order chi connectivity index (χ0) is 18.0. The van der Waals surface area contributed by atoms with Crippen molar-refractivity contribution in [2.24, 2.45) is 5.92 Å². The Morgan fingerprint density at radius 3 is 2.40 bits per heavy atom. The van der Waals surface area contributed by atoms with E-state index in [4.69, 9.17) is 4.74 Å². The van der Waals surface area contributed by atoms with Gasteiger partial charge in [0.2, 0.25) is 5.91 Å². The highest BCUT2D eigenvalue weighted by molar-refractivity contribution is 5.99. The van der Waals surface area contributed by atoms with E-state index >= 15 is 0 Å². The van der Waals surface area contributed by atoms with E-state index in [1.807, 2.05) is 0 Å². The van der Waals surface area contributed by atoms with E-state index in [-0.39, 0.29) is 30.3 Å². The second kappa shape index (κ2) is 6.68. The maximum absolute atomic E-state index is 13.0. The standard InChI is InChI=1S/C17H13FN2O5/c18-12-1-3-13(4-2-12)19-10-11(9-16(19)21)17(22)25-15-7-5-14(6-8-15)20(23)24/h1-8,11H,9-10H2/t11-/m1/s1. The number of nitro groups is 1. The molecule has 0 saturated carbocycles. The molecule has 3 rings (SSSR count). The summed E-state index contributed by atoms with van der Waals surface area (Å²) < 4.78 is 18.2. The Hall–Kier alpha value is -3.29. The molecule has 1 fully saturated rings. The first kappa shape index (κ1) is 16.6. The number of non-ortho nitro benzene ring substituents is 1. The molecular formula is C17H13FN2O5. The minimum Gasteiger partial charge on any atom is -0.426 e. The molecule has 0 unspecified atom stereocenters. The molecule has 0 spiro atoms. The zero-order valence-corrected chi connectivity index (χ0v) is 12.9. The summed E-state index contributed by atoms with van der Waals surface area (Å²) in [5, 5.41) is 10.6. The van der Waals surface area contributed by atoms with Crippen LogP contribution in [0, 0.1) is 21.8 Å². The number of ether oxygens (including phenoxy) is 1. The minimum absolute atomic E-state index is 0.0107. The van der Waals surface area contributed by atoms with Gasteiger partial charge >= 0.3 is 5.97 Å². The molecule has 1 atom stereocenters. The fourth-order valence-electron chi connectivity index (χ4n) is 2.57. The monoisotopic (exact) mass is 344 g/mol. The molecule has 1 amide bonds. The highest BCUT2D eigenvalue weighted by Crippen LogP contribution is 2.27. The predicted octanol–water partition coefficient (Wildman–Crippen LogP) is 2.69. The molecule has 1 heterocycles. The molecule has 8 heteroatoms. The largest absolute Gasteiger partial charge is 0.426 e. The van der Waals surface area contributed by atoms with Gasteiger partial charge in [-0.25, -0.2) is 4.39 Å². The smallest absolute Gasteiger partial charge is 0.316 e. The maximum Gasteiger partial charge on any atom is 0.316 e. The number of nitrogens with zero attached hydrogens (tertiary/aromatic N) is 2. The summed E-state index contributed by atoms with van der Waals surface area (Å²) in [4.78, 5) is 35.8. The van der Waals surface area contributed by atoms with Gasteiger partial charge in [0, 0.05) is 30.8 Å². The lowest BCUT2D eigenvalue weighted by Gasteiger charge is -2.16. The molecule has 0 radical (unpaired) electrons. The third-order valence-corrected chi connectivity index (χ3v) is 3.86. The first-order valence-corrected chi connectivity index (χ1v) is 7.46. The van der Waals surface area contributed by atoms with Crippen LogP contribution in [0.15, 0.2) is 48.5 Å². The number of benzene rings is 2. The molecule has 0 aliphatic carbocycles. The second-order valence-electron chi connectivity index (χ2n) is 5.55. The summed E-state index contributed by atoms with van der Waals surface area (Å²) >= 11 is 0. The van der Waals surface area contributed by atoms with Crippen LogP contribution >= 0.6 is 0 Å². The molecule has 0 aromatic heterocycles. The maximum atomic E-state index is 13.0. The molecule has 1 aliphatic rings. The van der Waals surface area contributed by atoms with E-state index in [1.54, 1.807) is 0 Å². The summed E-state index contributed by atoms with van der Waals surface area (Å²) in [5.41, 5.74) is 0.398. The summed E-state index contributed by atoms with van der Waals surface area (Å²) in [5.74, 6) is -1.75. The van der Waals surface area contributed by atoms with Gasteiger partial charge in [-0.1, -0.05) is 0 Å². The van der Waals surface area contributed by atoms with Crippen LogP contribution in [0.25, 0.3) is 0 Å². The van der Waals surface area contributed by atoms with Crippen LogP contribution in [-0.4, -0.2) is 23.3 Å². The van der Waals surface area contributed by atoms with Gasteiger partial charge in [-0.3, -0.25) is 19.7 Å². The summed E-state index contributed by atoms with van der Waals surface area (Å²) in [6.07, 6.45) is -0.0107. The molecule has 0 N–H and O–H groups in total. The number of hydrogen-bond donors (Lipinski definition) is 0. The normalized spacial score (nSPS) is 16.8. The average molecular weight is 344 g/mol. The molecule has 25 heavy (non-hydrogen) atoms. The van der Waals surface area contributed by atoms with Crippen molar-refractivity contribution in [3.63, 3.8) is 0 Å². The highest BCUT2D eigenvalue weighted by atomic mass is 19.1. The van der Waals surface area contributed by atoms with Crippen LogP contribution < -0.4 is 9.64 Å². The molecular weight excluding hydrogens is 331 g/mol. The lowest BCUT2D eigenvalue weighted by molar-refractivity contribution is -0.384. The van der Waals surface area contributed by atoms with Crippen molar-refractivity contribution in [1.82, 2.24) is 0 Å². The van der Waals surface area contributed by atoms with Crippen molar-refractivity contribution in [3.05, 3.63) is 64.5 Å². The first-order valence-electron chi connectivity index (χ1n) is 7.46. The number of carbonyl (C=O) groups is 2. The lowest BCUT2D eigenvalue weighted by Crippen LogP contribution is -2.27. The van der Waals surface area contributed by atoms with Gasteiger partial charge in [0.25, 0.3) is 5.69 Å². The van der Waals surface area contributed by atoms with Gasteiger partial charge in [-0.2, -0.15) is 0 Å². The van der Waals surface area contributed by atoms with Crippen molar-refractivity contribution in [2.75, 3.05) is 11.4 Å². The van der Waals surface area contributed by atoms with Gasteiger partial charge in [0.15, 0.2) is 0 Å². The fourth-order valence-corrected chi connectivity index (χ4v) is 2.57. The third kappa shape index (κ3) is 3.63. The van der Waals surface area contributed by atoms with Crippen LogP contribution in [0.2, 0.25) is 0 Å². The Bertz CT molecular complexity index is 820. The Balaban J connectivity index is 1.66. The quantitative estimate of drug-likeness (QED) is 0.368. The lowest BCUT2D eigenvalue weighted by atomic mass is 10.1. The summed E-state index contributed by atoms with van der Waals surface area (Å²) in [6.45, 7) is 0.135. The fraction of sp³-hybridized carbons (Fsp3) is 0.176. The molecule has 128 valence electrons. The zero-order valence-electron chi connectivity index (χ0n) is 12.9. The van der Waals surface area contributed by atoms with Crippen LogP contribution in [0.4, 0.5) is 15.8 Å². The minimum atomic E-state index is -0.659. The van der Waals surface area contributed by atoms with Gasteiger partial charge in [-0.05, 0) is 36.4 Å². The van der Waals surface area contributed by atoms with Crippen molar-refractivity contribution in [1.29, 1.82) is 0 Å². The number of anilines is 1. The van der Waals surface area contributed by atoms with E-state index in [0.29, 0.717) is 5.69 Å². The molecule has 1 saturated heterocycles. The molecule has 2 aromatic rings. The van der Waals surface area contributed by atoms with Crippen molar-refractivity contribution in [3.8, 4) is 5.75 Å². The van der Waals surface area contributed by atoms with Crippen molar-refractivity contribution < 1.29 is 23.6 Å². The highest BCUT2D eigenvalue weighted by Gasteiger charge is 2.36. The molecule has 1 aliphatic heterocycles. The van der Waals surface area contributed by atoms with Gasteiger partial charge < -0.3 is 9.64 Å². The molecule has 2 aromatic carbocycles. The number of halogens is 1. The van der Waals surface area contributed by atoms with Crippen LogP contribution in [0.3, 0.4) is 0 Å². The second-order valence-corrected chi connectivity index (χ2v) is 5.55. The van der Waals surface area contributed by atoms with Crippen LogP contribution in [0.1, 0.15) is 6.42 Å². The number of rotatable bonds is 4. The third-order valence-electron chi connectivity index (χ3n) is 3.86. The number of carbonyl (C=O) groups excluding carboxylic acids is 2.